The van der Waals surface area contributed by atoms with Gasteiger partial charge in [0.15, 0.2) is 0 Å². The minimum absolute atomic E-state index is 0.145. The van der Waals surface area contributed by atoms with Gasteiger partial charge in [0.25, 0.3) is 5.91 Å². The number of H-pyrrole nitrogens is 1. The molecule has 4 aromatic rings. The number of halogens is 3. The van der Waals surface area contributed by atoms with Gasteiger partial charge >= 0.3 is 6.18 Å². The summed E-state index contributed by atoms with van der Waals surface area (Å²) in [5.41, 5.74) is 2.37. The SMILES string of the molecule is COc1cccc(-c2ccc(C)cc2C(=O)N2CCCC2(C)c2nc3cc(C(F)(F)F)ccc3[nH]2)c1. The summed E-state index contributed by atoms with van der Waals surface area (Å²) in [6.07, 6.45) is -3.05. The molecule has 186 valence electrons. The maximum absolute atomic E-state index is 14.0. The Kier molecular flexibility index (Phi) is 5.77. The number of nitrogens with zero attached hydrogens (tertiary/aromatic N) is 2. The number of amides is 1. The highest BCUT2D eigenvalue weighted by molar-refractivity contribution is 6.01. The fourth-order valence-corrected chi connectivity index (χ4v) is 4.99. The molecule has 1 aliphatic heterocycles. The summed E-state index contributed by atoms with van der Waals surface area (Å²) in [5, 5.41) is 0. The summed E-state index contributed by atoms with van der Waals surface area (Å²) in [7, 11) is 1.60. The third-order valence-corrected chi connectivity index (χ3v) is 6.99. The highest BCUT2D eigenvalue weighted by Crippen LogP contribution is 2.41. The van der Waals surface area contributed by atoms with Crippen LogP contribution in [0.5, 0.6) is 5.75 Å². The van der Waals surface area contributed by atoms with Crippen LogP contribution < -0.4 is 4.74 Å². The Hall–Kier alpha value is -3.81. The van der Waals surface area contributed by atoms with E-state index in [0.717, 1.165) is 35.2 Å². The van der Waals surface area contributed by atoms with Crippen LogP contribution in [0.15, 0.2) is 60.7 Å². The number of aryl methyl sites for hydroxylation is 1. The molecule has 1 saturated heterocycles. The zero-order valence-corrected chi connectivity index (χ0v) is 20.2. The predicted octanol–water partition coefficient (Wildman–Crippen LogP) is 6.72. The average molecular weight is 494 g/mol. The molecule has 1 unspecified atom stereocenters. The molecule has 0 aliphatic carbocycles. The van der Waals surface area contributed by atoms with E-state index in [4.69, 9.17) is 4.74 Å². The number of aromatic nitrogens is 2. The van der Waals surface area contributed by atoms with Crippen molar-refractivity contribution in [2.75, 3.05) is 13.7 Å². The molecule has 1 atom stereocenters. The summed E-state index contributed by atoms with van der Waals surface area (Å²) in [5.74, 6) is 1.03. The van der Waals surface area contributed by atoms with Crippen LogP contribution in [0.2, 0.25) is 0 Å². The molecule has 1 aliphatic rings. The third-order valence-electron chi connectivity index (χ3n) is 6.99. The Morgan fingerprint density at radius 2 is 1.92 bits per heavy atom. The topological polar surface area (TPSA) is 58.2 Å². The molecular formula is C28H26F3N3O2. The standard InChI is InChI=1S/C28H26F3N3O2/c1-17-8-10-21(18-6-4-7-20(15-18)36-3)22(14-17)25(35)34-13-5-12-27(34,2)26-32-23-11-9-19(28(29,30)31)16-24(23)33-26/h4,6-11,14-16H,5,12-13H2,1-3H3,(H,32,33). The van der Waals surface area contributed by atoms with Crippen molar-refractivity contribution in [1.82, 2.24) is 14.9 Å². The summed E-state index contributed by atoms with van der Waals surface area (Å²) in [6.45, 7) is 4.37. The van der Waals surface area contributed by atoms with E-state index >= 15 is 0 Å². The van der Waals surface area contributed by atoms with Crippen molar-refractivity contribution in [3.63, 3.8) is 0 Å². The number of likely N-dealkylation sites (tertiary alicyclic amines) is 1. The van der Waals surface area contributed by atoms with Crippen molar-refractivity contribution in [3.05, 3.63) is 83.2 Å². The molecule has 1 fully saturated rings. The average Bonchev–Trinajstić information content (AvgIpc) is 3.47. The number of fused-ring (bicyclic) bond motifs is 1. The molecule has 1 N–H and O–H groups in total. The smallest absolute Gasteiger partial charge is 0.416 e. The Balaban J connectivity index is 1.56. The van der Waals surface area contributed by atoms with E-state index in [1.807, 2.05) is 56.3 Å². The van der Waals surface area contributed by atoms with Gasteiger partial charge in [-0.05, 0) is 74.2 Å². The monoisotopic (exact) mass is 493 g/mol. The summed E-state index contributed by atoms with van der Waals surface area (Å²) < 4.78 is 45.0. The molecule has 5 rings (SSSR count). The van der Waals surface area contributed by atoms with E-state index in [-0.39, 0.29) is 11.4 Å². The number of carbonyl (C=O) groups excluding carboxylic acids is 1. The van der Waals surface area contributed by atoms with Crippen LogP contribution in [0.4, 0.5) is 13.2 Å². The van der Waals surface area contributed by atoms with Crippen molar-refractivity contribution in [3.8, 4) is 16.9 Å². The highest BCUT2D eigenvalue weighted by Gasteiger charge is 2.44. The number of alkyl halides is 3. The van der Waals surface area contributed by atoms with E-state index in [1.54, 1.807) is 12.0 Å². The van der Waals surface area contributed by atoms with Crippen LogP contribution in [0.1, 0.15) is 47.1 Å². The Morgan fingerprint density at radius 3 is 2.67 bits per heavy atom. The van der Waals surface area contributed by atoms with Crippen LogP contribution in [0.25, 0.3) is 22.2 Å². The van der Waals surface area contributed by atoms with Gasteiger partial charge in [-0.25, -0.2) is 4.98 Å². The Morgan fingerprint density at radius 1 is 1.11 bits per heavy atom. The Bertz CT molecular complexity index is 1460. The van der Waals surface area contributed by atoms with Gasteiger partial charge in [-0.2, -0.15) is 13.2 Å². The second-order valence-corrected chi connectivity index (χ2v) is 9.43. The number of methoxy groups -OCH3 is 1. The molecular weight excluding hydrogens is 467 g/mol. The van der Waals surface area contributed by atoms with E-state index < -0.39 is 17.3 Å². The lowest BCUT2D eigenvalue weighted by atomic mass is 9.94. The molecule has 0 spiro atoms. The summed E-state index contributed by atoms with van der Waals surface area (Å²) in [4.78, 5) is 23.5. The number of carbonyl (C=O) groups is 1. The maximum Gasteiger partial charge on any atom is 0.416 e. The molecule has 3 aromatic carbocycles. The minimum Gasteiger partial charge on any atom is -0.497 e. The number of nitrogens with one attached hydrogen (secondary N) is 1. The van der Waals surface area contributed by atoms with Crippen molar-refractivity contribution in [2.45, 2.75) is 38.4 Å². The number of hydrogen-bond donors (Lipinski definition) is 1. The lowest BCUT2D eigenvalue weighted by molar-refractivity contribution is -0.137. The number of aromatic amines is 1. The third kappa shape index (κ3) is 4.10. The van der Waals surface area contributed by atoms with E-state index in [0.29, 0.717) is 35.6 Å². The predicted molar refractivity (Wildman–Crippen MR) is 132 cm³/mol. The van der Waals surface area contributed by atoms with E-state index in [9.17, 15) is 18.0 Å². The van der Waals surface area contributed by atoms with Crippen LogP contribution in [0.3, 0.4) is 0 Å². The van der Waals surface area contributed by atoms with Crippen molar-refractivity contribution in [1.29, 1.82) is 0 Å². The van der Waals surface area contributed by atoms with Gasteiger partial charge in [-0.1, -0.05) is 29.8 Å². The fourth-order valence-electron chi connectivity index (χ4n) is 4.99. The van der Waals surface area contributed by atoms with Crippen molar-refractivity contribution < 1.29 is 22.7 Å². The number of rotatable bonds is 4. The van der Waals surface area contributed by atoms with Crippen molar-refractivity contribution in [2.24, 2.45) is 0 Å². The van der Waals surface area contributed by atoms with Gasteiger partial charge in [0.2, 0.25) is 0 Å². The molecule has 0 bridgehead atoms. The lowest BCUT2D eigenvalue weighted by Crippen LogP contribution is -2.43. The number of hydrogen-bond acceptors (Lipinski definition) is 3. The highest BCUT2D eigenvalue weighted by atomic mass is 19.4. The molecule has 8 heteroatoms. The van der Waals surface area contributed by atoms with E-state index in [1.165, 1.54) is 6.07 Å². The second-order valence-electron chi connectivity index (χ2n) is 9.43. The van der Waals surface area contributed by atoms with Gasteiger partial charge < -0.3 is 14.6 Å². The molecule has 0 saturated carbocycles. The van der Waals surface area contributed by atoms with Gasteiger partial charge in [-0.3, -0.25) is 4.79 Å². The first-order valence-corrected chi connectivity index (χ1v) is 11.7. The zero-order chi connectivity index (χ0) is 25.7. The van der Waals surface area contributed by atoms with Crippen LogP contribution in [-0.4, -0.2) is 34.4 Å². The van der Waals surface area contributed by atoms with Gasteiger partial charge in [0.1, 0.15) is 11.6 Å². The van der Waals surface area contributed by atoms with E-state index in [2.05, 4.69) is 9.97 Å². The molecule has 1 aromatic heterocycles. The first kappa shape index (κ1) is 23.9. The normalized spacial score (nSPS) is 18.1. The quantitative estimate of drug-likeness (QED) is 0.343. The molecule has 2 heterocycles. The van der Waals surface area contributed by atoms with Gasteiger partial charge in [-0.15, -0.1) is 0 Å². The summed E-state index contributed by atoms with van der Waals surface area (Å²) in [6, 6.07) is 16.8. The first-order valence-electron chi connectivity index (χ1n) is 11.7. The number of ether oxygens (including phenoxy) is 1. The zero-order valence-electron chi connectivity index (χ0n) is 20.2. The van der Waals surface area contributed by atoms with Crippen LogP contribution >= 0.6 is 0 Å². The van der Waals surface area contributed by atoms with Gasteiger partial charge in [0.05, 0.1) is 29.2 Å². The minimum atomic E-state index is -4.45. The number of imidazole rings is 1. The summed E-state index contributed by atoms with van der Waals surface area (Å²) >= 11 is 0. The molecule has 5 nitrogen and oxygen atoms in total. The van der Waals surface area contributed by atoms with Crippen molar-refractivity contribution >= 4 is 16.9 Å². The maximum atomic E-state index is 14.0. The van der Waals surface area contributed by atoms with Crippen LogP contribution in [0, 0.1) is 6.92 Å². The van der Waals surface area contributed by atoms with Gasteiger partial charge in [0, 0.05) is 12.1 Å². The molecule has 0 radical (unpaired) electrons. The lowest BCUT2D eigenvalue weighted by Gasteiger charge is -2.34. The second kappa shape index (κ2) is 8.69. The largest absolute Gasteiger partial charge is 0.497 e. The van der Waals surface area contributed by atoms with Crippen LogP contribution in [-0.2, 0) is 11.7 Å². The fraction of sp³-hybridized carbons (Fsp3) is 0.286. The molecule has 36 heavy (non-hydrogen) atoms. The molecule has 1 amide bonds. The number of benzene rings is 3. The first-order chi connectivity index (χ1) is 17.1. The Labute approximate surface area is 206 Å².